The topological polar surface area (TPSA) is 56.6 Å². The number of alkyl halides is 2. The zero-order chi connectivity index (χ0) is 22.6. The lowest BCUT2D eigenvalue weighted by molar-refractivity contribution is -0.0498. The number of halogens is 3. The van der Waals surface area contributed by atoms with Crippen LogP contribution in [0.3, 0.4) is 0 Å². The lowest BCUT2D eigenvalue weighted by Crippen LogP contribution is -2.41. The number of ether oxygens (including phenoxy) is 2. The Kier molecular flexibility index (Phi) is 7.15. The van der Waals surface area contributed by atoms with Crippen LogP contribution in [0, 0.1) is 0 Å². The smallest absolute Gasteiger partial charge is 0.410 e. The summed E-state index contributed by atoms with van der Waals surface area (Å²) in [5, 5.41) is 0. The number of rotatable bonds is 2. The first kappa shape index (κ1) is 23.0. The van der Waals surface area contributed by atoms with Crippen molar-refractivity contribution in [3.63, 3.8) is 0 Å². The van der Waals surface area contributed by atoms with Gasteiger partial charge in [-0.1, -0.05) is 34.1 Å². The summed E-state index contributed by atoms with van der Waals surface area (Å²) < 4.78 is 35.7. The van der Waals surface area contributed by atoms with E-state index in [1.807, 2.05) is 32.9 Å². The number of amides is 1. The maximum atomic E-state index is 12.2. The highest BCUT2D eigenvalue weighted by atomic mass is 79.9. The summed E-state index contributed by atoms with van der Waals surface area (Å²) in [7, 11) is 0. The highest BCUT2D eigenvalue weighted by Gasteiger charge is 2.27. The molecule has 0 unspecified atom stereocenters. The molecule has 0 radical (unpaired) electrons. The van der Waals surface area contributed by atoms with E-state index < -0.39 is 12.2 Å². The van der Waals surface area contributed by atoms with Crippen molar-refractivity contribution in [3.05, 3.63) is 58.8 Å². The van der Waals surface area contributed by atoms with Gasteiger partial charge in [0, 0.05) is 17.6 Å². The van der Waals surface area contributed by atoms with Crippen LogP contribution in [0.4, 0.5) is 13.6 Å². The normalized spacial score (nSPS) is 13.5. The van der Waals surface area contributed by atoms with Gasteiger partial charge in [-0.15, -0.1) is 0 Å². The van der Waals surface area contributed by atoms with Gasteiger partial charge in [0.15, 0.2) is 0 Å². The molecule has 1 aromatic heterocycles. The molecule has 166 valence electrons. The van der Waals surface area contributed by atoms with Crippen LogP contribution in [0.25, 0.3) is 11.0 Å². The largest absolute Gasteiger partial charge is 0.444 e. The molecule has 1 aliphatic heterocycles. The number of imidazole rings is 1. The van der Waals surface area contributed by atoms with Crippen LogP contribution < -0.4 is 4.74 Å². The minimum Gasteiger partial charge on any atom is -0.444 e. The molecule has 2 aromatic carbocycles. The maximum Gasteiger partial charge on any atom is 0.410 e. The molecule has 0 spiro atoms. The van der Waals surface area contributed by atoms with Crippen LogP contribution in [-0.4, -0.2) is 39.3 Å². The number of nitrogens with zero attached hydrogens (tertiary/aromatic N) is 3. The minimum absolute atomic E-state index is 0.192. The SMILES string of the molecule is CC(C)(C)OC(=O)N1CCn2c(nc3ccc(Br)cc32)C1.FC(F)Oc1ccccc1. The van der Waals surface area contributed by atoms with Crippen molar-refractivity contribution in [2.45, 2.75) is 46.1 Å². The Labute approximate surface area is 187 Å². The van der Waals surface area contributed by atoms with Crippen molar-refractivity contribution in [2.75, 3.05) is 6.54 Å². The molecule has 4 rings (SSSR count). The van der Waals surface area contributed by atoms with E-state index >= 15 is 0 Å². The van der Waals surface area contributed by atoms with E-state index in [1.54, 1.807) is 23.1 Å². The van der Waals surface area contributed by atoms with Crippen molar-refractivity contribution in [3.8, 4) is 5.75 Å². The van der Waals surface area contributed by atoms with Gasteiger partial charge in [-0.2, -0.15) is 8.78 Å². The molecule has 0 bridgehead atoms. The number of hydrogen-bond acceptors (Lipinski definition) is 4. The number of carbonyl (C=O) groups excluding carboxylic acids is 1. The lowest BCUT2D eigenvalue weighted by atomic mass is 10.2. The van der Waals surface area contributed by atoms with Crippen LogP contribution in [0.15, 0.2) is 53.0 Å². The summed E-state index contributed by atoms with van der Waals surface area (Å²) in [6, 6.07) is 14.0. The molecular formula is C22H24BrF2N3O3. The molecule has 1 amide bonds. The Hall–Kier alpha value is -2.68. The summed E-state index contributed by atoms with van der Waals surface area (Å²) in [5.41, 5.74) is 1.59. The Morgan fingerprint density at radius 3 is 2.48 bits per heavy atom. The highest BCUT2D eigenvalue weighted by Crippen LogP contribution is 2.24. The van der Waals surface area contributed by atoms with Gasteiger partial charge in [-0.3, -0.25) is 4.90 Å². The molecule has 3 aromatic rings. The van der Waals surface area contributed by atoms with Crippen molar-refractivity contribution < 1.29 is 23.0 Å². The van der Waals surface area contributed by atoms with Gasteiger partial charge in [0.2, 0.25) is 0 Å². The first-order valence-corrected chi connectivity index (χ1v) is 10.5. The molecule has 2 heterocycles. The van der Waals surface area contributed by atoms with Gasteiger partial charge in [0.05, 0.1) is 17.6 Å². The fourth-order valence-corrected chi connectivity index (χ4v) is 3.42. The first-order valence-electron chi connectivity index (χ1n) is 9.75. The molecule has 0 saturated heterocycles. The maximum absolute atomic E-state index is 12.2. The molecular weight excluding hydrogens is 472 g/mol. The number of benzene rings is 2. The van der Waals surface area contributed by atoms with Crippen LogP contribution in [0.5, 0.6) is 5.75 Å². The number of para-hydroxylation sites is 1. The quantitative estimate of drug-likeness (QED) is 0.448. The van der Waals surface area contributed by atoms with E-state index in [4.69, 9.17) is 4.74 Å². The Bertz CT molecular complexity index is 1040. The Balaban J connectivity index is 0.000000229. The van der Waals surface area contributed by atoms with Gasteiger partial charge >= 0.3 is 12.7 Å². The highest BCUT2D eigenvalue weighted by molar-refractivity contribution is 9.10. The van der Waals surface area contributed by atoms with E-state index in [-0.39, 0.29) is 11.8 Å². The number of carbonyl (C=O) groups is 1. The third-order valence-corrected chi connectivity index (χ3v) is 4.83. The fourth-order valence-electron chi connectivity index (χ4n) is 3.07. The zero-order valence-corrected chi connectivity index (χ0v) is 19.1. The van der Waals surface area contributed by atoms with Crippen LogP contribution in [0.1, 0.15) is 26.6 Å². The zero-order valence-electron chi connectivity index (χ0n) is 17.5. The predicted molar refractivity (Wildman–Crippen MR) is 117 cm³/mol. The molecule has 0 atom stereocenters. The molecule has 1 aliphatic rings. The second-order valence-electron chi connectivity index (χ2n) is 7.91. The molecule has 0 aliphatic carbocycles. The van der Waals surface area contributed by atoms with Crippen LogP contribution in [0.2, 0.25) is 0 Å². The summed E-state index contributed by atoms with van der Waals surface area (Å²) in [6.07, 6.45) is -0.276. The minimum atomic E-state index is -2.73. The van der Waals surface area contributed by atoms with E-state index in [1.165, 1.54) is 12.1 Å². The second kappa shape index (κ2) is 9.64. The van der Waals surface area contributed by atoms with Crippen molar-refractivity contribution >= 4 is 33.1 Å². The predicted octanol–water partition coefficient (Wildman–Crippen LogP) is 5.84. The van der Waals surface area contributed by atoms with Gasteiger partial charge in [0.25, 0.3) is 0 Å². The fraction of sp³-hybridized carbons (Fsp3) is 0.364. The molecule has 9 heteroatoms. The average molecular weight is 496 g/mol. The first-order chi connectivity index (χ1) is 14.6. The van der Waals surface area contributed by atoms with E-state index in [0.717, 1.165) is 27.9 Å². The van der Waals surface area contributed by atoms with Gasteiger partial charge in [-0.25, -0.2) is 9.78 Å². The Morgan fingerprint density at radius 2 is 1.84 bits per heavy atom. The summed E-state index contributed by atoms with van der Waals surface area (Å²) in [4.78, 5) is 18.5. The lowest BCUT2D eigenvalue weighted by Gasteiger charge is -2.30. The van der Waals surface area contributed by atoms with Gasteiger partial charge in [-0.05, 0) is 51.1 Å². The van der Waals surface area contributed by atoms with E-state index in [2.05, 4.69) is 36.3 Å². The van der Waals surface area contributed by atoms with Crippen molar-refractivity contribution in [2.24, 2.45) is 0 Å². The summed E-state index contributed by atoms with van der Waals surface area (Å²) in [6.45, 7) is 4.76. The molecule has 0 fully saturated rings. The standard InChI is InChI=1S/C15H18BrN3O2.C7H6F2O/c1-15(2,3)21-14(20)18-6-7-19-12-8-10(16)4-5-11(12)17-13(19)9-18;8-7(9)10-6-4-2-1-3-5-6/h4-5,8H,6-7,9H2,1-3H3;1-5,7H. The summed E-state index contributed by atoms with van der Waals surface area (Å²) in [5.74, 6) is 1.10. The van der Waals surface area contributed by atoms with E-state index in [0.29, 0.717) is 13.1 Å². The molecule has 0 saturated carbocycles. The van der Waals surface area contributed by atoms with Gasteiger partial charge < -0.3 is 14.0 Å². The molecule has 6 nitrogen and oxygen atoms in total. The second-order valence-corrected chi connectivity index (χ2v) is 8.82. The monoisotopic (exact) mass is 495 g/mol. The van der Waals surface area contributed by atoms with Crippen LogP contribution >= 0.6 is 15.9 Å². The average Bonchev–Trinajstić information content (AvgIpc) is 3.04. The number of fused-ring (bicyclic) bond motifs is 3. The van der Waals surface area contributed by atoms with Gasteiger partial charge in [0.1, 0.15) is 17.2 Å². The Morgan fingerprint density at radius 1 is 1.13 bits per heavy atom. The third-order valence-electron chi connectivity index (χ3n) is 4.34. The number of hydrogen-bond donors (Lipinski definition) is 0. The van der Waals surface area contributed by atoms with Crippen LogP contribution in [-0.2, 0) is 17.8 Å². The molecule has 31 heavy (non-hydrogen) atoms. The van der Waals surface area contributed by atoms with Crippen molar-refractivity contribution in [1.82, 2.24) is 14.5 Å². The van der Waals surface area contributed by atoms with Crippen molar-refractivity contribution in [1.29, 1.82) is 0 Å². The van der Waals surface area contributed by atoms with E-state index in [9.17, 15) is 13.6 Å². The molecule has 0 N–H and O–H groups in total. The summed E-state index contributed by atoms with van der Waals surface area (Å²) >= 11 is 3.49. The third kappa shape index (κ3) is 6.40. The number of aromatic nitrogens is 2.